The molecule has 0 N–H and O–H groups in total. The first-order valence-electron chi connectivity index (χ1n) is 10.6. The summed E-state index contributed by atoms with van der Waals surface area (Å²) < 4.78 is 33.5. The summed E-state index contributed by atoms with van der Waals surface area (Å²) >= 11 is 3.27. The lowest BCUT2D eigenvalue weighted by molar-refractivity contribution is -0.270. The number of esters is 5. The molecule has 0 saturated carbocycles. The summed E-state index contributed by atoms with van der Waals surface area (Å²) in [5, 5.41) is 4.60. The zero-order valence-electron chi connectivity index (χ0n) is 19.8. The molecule has 1 saturated heterocycles. The molecule has 0 radical (unpaired) electrons. The van der Waals surface area contributed by atoms with E-state index in [2.05, 4.69) is 21.0 Å². The van der Waals surface area contributed by atoms with E-state index in [4.69, 9.17) is 28.4 Å². The first-order chi connectivity index (χ1) is 16.5. The van der Waals surface area contributed by atoms with Crippen LogP contribution in [-0.2, 0) is 52.9 Å². The Hall–Kier alpha value is -3.00. The van der Waals surface area contributed by atoms with Crippen LogP contribution < -0.4 is 0 Å². The number of rotatable bonds is 9. The predicted molar refractivity (Wildman–Crippen MR) is 118 cm³/mol. The van der Waals surface area contributed by atoms with Gasteiger partial charge in [-0.25, -0.2) is 9.48 Å². The number of hydrogen-bond acceptors (Lipinski definition) is 12. The fourth-order valence-corrected chi connectivity index (χ4v) is 3.74. The van der Waals surface area contributed by atoms with E-state index < -0.39 is 67.1 Å². The molecule has 1 fully saturated rings. The van der Waals surface area contributed by atoms with E-state index in [0.29, 0.717) is 5.69 Å². The molecule has 0 spiro atoms. The van der Waals surface area contributed by atoms with Crippen molar-refractivity contribution in [1.82, 2.24) is 9.78 Å². The second-order valence-corrected chi connectivity index (χ2v) is 7.97. The third-order valence-corrected chi connectivity index (χ3v) is 5.19. The summed E-state index contributed by atoms with van der Waals surface area (Å²) in [5.74, 6) is -3.68. The second kappa shape index (κ2) is 12.6. The van der Waals surface area contributed by atoms with Gasteiger partial charge in [0, 0.05) is 33.0 Å². The molecular weight excluding hydrogens is 536 g/mol. The third kappa shape index (κ3) is 7.49. The van der Waals surface area contributed by atoms with Crippen LogP contribution in [0, 0.1) is 0 Å². The van der Waals surface area contributed by atoms with E-state index in [1.54, 1.807) is 6.92 Å². The van der Waals surface area contributed by atoms with Gasteiger partial charge in [-0.05, 0) is 13.0 Å². The fourth-order valence-electron chi connectivity index (χ4n) is 3.46. The Kier molecular flexibility index (Phi) is 10.2. The molecule has 13 nitrogen and oxygen atoms in total. The Morgan fingerprint density at radius 1 is 0.914 bits per heavy atom. The lowest BCUT2D eigenvalue weighted by Crippen LogP contribution is -2.61. The molecule has 1 aliphatic heterocycles. The van der Waals surface area contributed by atoms with Gasteiger partial charge in [0.05, 0.1) is 12.3 Å². The molecule has 2 heterocycles. The lowest BCUT2D eigenvalue weighted by Gasteiger charge is -2.44. The Labute approximate surface area is 209 Å². The van der Waals surface area contributed by atoms with Gasteiger partial charge in [-0.2, -0.15) is 5.10 Å². The average Bonchev–Trinajstić information content (AvgIpc) is 3.19. The van der Waals surface area contributed by atoms with Gasteiger partial charge in [0.2, 0.25) is 0 Å². The molecule has 0 aromatic carbocycles. The highest BCUT2D eigenvalue weighted by Crippen LogP contribution is 2.35. The molecule has 0 unspecified atom stereocenters. The van der Waals surface area contributed by atoms with Crippen LogP contribution in [0.25, 0.3) is 0 Å². The van der Waals surface area contributed by atoms with Crippen molar-refractivity contribution >= 4 is 45.8 Å². The molecule has 194 valence electrons. The van der Waals surface area contributed by atoms with Crippen LogP contribution in [0.5, 0.6) is 0 Å². The average molecular weight is 563 g/mol. The predicted octanol–water partition coefficient (Wildman–Crippen LogP) is 1.21. The van der Waals surface area contributed by atoms with Crippen molar-refractivity contribution in [2.45, 2.75) is 70.6 Å². The van der Waals surface area contributed by atoms with Crippen molar-refractivity contribution in [3.63, 3.8) is 0 Å². The number of halogens is 1. The van der Waals surface area contributed by atoms with Crippen LogP contribution in [0.15, 0.2) is 6.07 Å². The SMILES string of the molecule is CCOC(=O)c1cc(CBr)nn1[C@H]1O[C@H](COC(C)=O)[C@@H](OC(C)=O)[C@H](OC(C)=O)[C@H]1OC(C)=O. The maximum Gasteiger partial charge on any atom is 0.356 e. The quantitative estimate of drug-likeness (QED) is 0.241. The van der Waals surface area contributed by atoms with Crippen LogP contribution in [0.4, 0.5) is 0 Å². The van der Waals surface area contributed by atoms with Gasteiger partial charge in [0.25, 0.3) is 0 Å². The minimum absolute atomic E-state index is 0.0396. The summed E-state index contributed by atoms with van der Waals surface area (Å²) in [6.45, 7) is 5.81. The highest BCUT2D eigenvalue weighted by molar-refractivity contribution is 9.08. The Bertz CT molecular complexity index is 963. The molecule has 5 atom stereocenters. The van der Waals surface area contributed by atoms with Gasteiger partial charge in [-0.15, -0.1) is 0 Å². The van der Waals surface area contributed by atoms with E-state index in [1.165, 1.54) is 13.0 Å². The first-order valence-corrected chi connectivity index (χ1v) is 11.7. The summed E-state index contributed by atoms with van der Waals surface area (Å²) in [4.78, 5) is 59.9. The Morgan fingerprint density at radius 3 is 2.00 bits per heavy atom. The lowest BCUT2D eigenvalue weighted by atomic mass is 9.97. The molecule has 0 bridgehead atoms. The van der Waals surface area contributed by atoms with Gasteiger partial charge in [0.1, 0.15) is 18.4 Å². The van der Waals surface area contributed by atoms with Crippen molar-refractivity contribution in [2.24, 2.45) is 0 Å². The van der Waals surface area contributed by atoms with Crippen LogP contribution in [0.3, 0.4) is 0 Å². The van der Waals surface area contributed by atoms with Crippen molar-refractivity contribution < 1.29 is 52.4 Å². The third-order valence-electron chi connectivity index (χ3n) is 4.62. The molecule has 2 rings (SSSR count). The molecule has 35 heavy (non-hydrogen) atoms. The minimum atomic E-state index is -1.41. The Morgan fingerprint density at radius 2 is 1.49 bits per heavy atom. The van der Waals surface area contributed by atoms with Crippen molar-refractivity contribution in [3.8, 4) is 0 Å². The maximum atomic E-state index is 12.6. The summed E-state index contributed by atoms with van der Waals surface area (Å²) in [7, 11) is 0. The van der Waals surface area contributed by atoms with Crippen LogP contribution in [0.1, 0.15) is 57.0 Å². The summed E-state index contributed by atoms with van der Waals surface area (Å²) in [5.41, 5.74) is 0.378. The van der Waals surface area contributed by atoms with Gasteiger partial charge >= 0.3 is 29.8 Å². The number of ether oxygens (including phenoxy) is 6. The monoisotopic (exact) mass is 562 g/mol. The number of carbonyl (C=O) groups is 5. The van der Waals surface area contributed by atoms with Gasteiger partial charge in [-0.1, -0.05) is 15.9 Å². The molecular formula is C21H27BrN2O11. The largest absolute Gasteiger partial charge is 0.463 e. The van der Waals surface area contributed by atoms with E-state index in [9.17, 15) is 24.0 Å². The molecule has 1 aliphatic rings. The minimum Gasteiger partial charge on any atom is -0.463 e. The van der Waals surface area contributed by atoms with Crippen LogP contribution in [0.2, 0.25) is 0 Å². The van der Waals surface area contributed by atoms with Crippen molar-refractivity contribution in [3.05, 3.63) is 17.5 Å². The smallest absolute Gasteiger partial charge is 0.356 e. The van der Waals surface area contributed by atoms with Gasteiger partial charge in [0.15, 0.2) is 24.5 Å². The number of hydrogen-bond donors (Lipinski definition) is 0. The highest BCUT2D eigenvalue weighted by atomic mass is 79.9. The van der Waals surface area contributed by atoms with E-state index in [-0.39, 0.29) is 17.6 Å². The van der Waals surface area contributed by atoms with Gasteiger partial charge < -0.3 is 28.4 Å². The van der Waals surface area contributed by atoms with Crippen LogP contribution >= 0.6 is 15.9 Å². The van der Waals surface area contributed by atoms with E-state index in [0.717, 1.165) is 25.5 Å². The summed E-state index contributed by atoms with van der Waals surface area (Å²) in [6.07, 6.45) is -6.68. The fraction of sp³-hybridized carbons (Fsp3) is 0.619. The zero-order chi connectivity index (χ0) is 26.3. The first kappa shape index (κ1) is 28.2. The number of aromatic nitrogens is 2. The molecule has 0 amide bonds. The molecule has 0 aliphatic carbocycles. The molecule has 1 aromatic heterocycles. The maximum absolute atomic E-state index is 12.6. The number of nitrogens with zero attached hydrogens (tertiary/aromatic N) is 2. The normalized spacial score (nSPS) is 23.7. The van der Waals surface area contributed by atoms with Crippen molar-refractivity contribution in [1.29, 1.82) is 0 Å². The van der Waals surface area contributed by atoms with E-state index in [1.807, 2.05) is 0 Å². The van der Waals surface area contributed by atoms with Crippen molar-refractivity contribution in [2.75, 3.05) is 13.2 Å². The van der Waals surface area contributed by atoms with Crippen LogP contribution in [-0.4, -0.2) is 77.3 Å². The topological polar surface area (TPSA) is 159 Å². The number of alkyl halides is 1. The van der Waals surface area contributed by atoms with E-state index >= 15 is 0 Å². The Balaban J connectivity index is 2.67. The standard InChI is InChI=1S/C21H27BrN2O11/c1-6-30-21(29)15-7-14(8-22)23-24(15)20-19(34-13(5)28)18(33-12(4)27)17(32-11(3)26)16(35-20)9-31-10(2)25/h7,16-20H,6,8-9H2,1-5H3/t16-,17-,18+,19-,20+/m1/s1. The molecule has 1 aromatic rings. The molecule has 14 heteroatoms. The zero-order valence-corrected chi connectivity index (χ0v) is 21.4. The summed E-state index contributed by atoms with van der Waals surface area (Å²) in [6, 6.07) is 1.45. The number of carbonyl (C=O) groups excluding carboxylic acids is 5. The van der Waals surface area contributed by atoms with Gasteiger partial charge in [-0.3, -0.25) is 19.2 Å². The highest BCUT2D eigenvalue weighted by Gasteiger charge is 2.53. The second-order valence-electron chi connectivity index (χ2n) is 7.41.